The molecule has 1 aliphatic rings. The van der Waals surface area contributed by atoms with Crippen molar-refractivity contribution < 1.29 is 38.1 Å². The fourth-order valence-corrected chi connectivity index (χ4v) is 3.28. The molecule has 1 heterocycles. The smallest absolute Gasteiger partial charge is 0.412 e. The molecule has 1 saturated heterocycles. The number of ether oxygens (including phenoxy) is 5. The minimum absolute atomic E-state index is 0.248. The van der Waals surface area contributed by atoms with Crippen molar-refractivity contribution in [2.45, 2.75) is 51.5 Å². The Labute approximate surface area is 193 Å². The molecule has 33 heavy (non-hydrogen) atoms. The predicted octanol–water partition coefficient (Wildman–Crippen LogP) is 1.67. The van der Waals surface area contributed by atoms with Crippen LogP contribution in [0.15, 0.2) is 12.1 Å². The van der Waals surface area contributed by atoms with E-state index < -0.39 is 23.9 Å². The average Bonchev–Trinajstić information content (AvgIpc) is 2.77. The van der Waals surface area contributed by atoms with Gasteiger partial charge in [0.2, 0.25) is 12.0 Å². The first-order valence-electron chi connectivity index (χ1n) is 10.6. The van der Waals surface area contributed by atoms with Gasteiger partial charge in [-0.25, -0.2) is 9.59 Å². The number of esters is 1. The number of nitrogens with one attached hydrogen (secondary N) is 1. The monoisotopic (exact) mass is 467 g/mol. The van der Waals surface area contributed by atoms with E-state index in [1.165, 1.54) is 47.0 Å². The molecule has 0 saturated carbocycles. The normalized spacial score (nSPS) is 16.9. The van der Waals surface area contributed by atoms with Crippen LogP contribution in [0.1, 0.15) is 44.0 Å². The zero-order chi connectivity index (χ0) is 24.8. The Hall–Kier alpha value is -3.21. The number of hydrogen-bond acceptors (Lipinski definition) is 9. The second-order valence-electron chi connectivity index (χ2n) is 8.25. The Morgan fingerprint density at radius 2 is 1.70 bits per heavy atom. The number of likely N-dealkylation sites (tertiary alicyclic amines) is 1. The summed E-state index contributed by atoms with van der Waals surface area (Å²) in [7, 11) is 4.42. The Morgan fingerprint density at radius 3 is 2.21 bits per heavy atom. The maximum absolute atomic E-state index is 12.9. The molecule has 0 bridgehead atoms. The van der Waals surface area contributed by atoms with Gasteiger partial charge in [0.15, 0.2) is 11.5 Å². The molecular weight excluding hydrogens is 434 g/mol. The van der Waals surface area contributed by atoms with Gasteiger partial charge in [-0.15, -0.1) is 0 Å². The van der Waals surface area contributed by atoms with Crippen molar-refractivity contribution in [3.8, 4) is 17.2 Å². The first kappa shape index (κ1) is 26.0. The molecule has 0 radical (unpaired) electrons. The minimum atomic E-state index is -1.20. The van der Waals surface area contributed by atoms with Gasteiger partial charge < -0.3 is 39.6 Å². The number of benzene rings is 1. The van der Waals surface area contributed by atoms with Gasteiger partial charge in [-0.05, 0) is 38.8 Å². The third-order valence-corrected chi connectivity index (χ3v) is 5.01. The highest BCUT2D eigenvalue weighted by molar-refractivity contribution is 5.96. The van der Waals surface area contributed by atoms with Gasteiger partial charge in [0, 0.05) is 31.6 Å². The molecule has 11 heteroatoms. The zero-order valence-electron chi connectivity index (χ0n) is 19.9. The number of rotatable bonds is 8. The third-order valence-electron chi connectivity index (χ3n) is 5.01. The number of amides is 2. The molecule has 1 fully saturated rings. The molecular formula is C22H33N3O8. The molecule has 0 aromatic heterocycles. The summed E-state index contributed by atoms with van der Waals surface area (Å²) < 4.78 is 26.1. The predicted molar refractivity (Wildman–Crippen MR) is 118 cm³/mol. The maximum atomic E-state index is 12.9. The first-order valence-corrected chi connectivity index (χ1v) is 10.6. The van der Waals surface area contributed by atoms with Crippen LogP contribution in [-0.2, 0) is 14.3 Å². The van der Waals surface area contributed by atoms with Crippen molar-refractivity contribution >= 4 is 18.0 Å². The summed E-state index contributed by atoms with van der Waals surface area (Å²) in [5.74, 6) is 0.0786. The lowest BCUT2D eigenvalue weighted by atomic mass is 10.1. The van der Waals surface area contributed by atoms with Gasteiger partial charge >= 0.3 is 12.1 Å². The standard InChI is InChI=1S/C22H33N3O8/c1-13(32-20(27)22(2,3)23)33-21(28)25-9-7-8-15(12-25)24-19(26)14-10-16(29-4)18(31-6)17(11-14)30-5/h10-11,13,15H,7-9,12,23H2,1-6H3,(H,24,26). The van der Waals surface area contributed by atoms with E-state index in [-0.39, 0.29) is 18.5 Å². The van der Waals surface area contributed by atoms with Crippen LogP contribution in [0.4, 0.5) is 4.79 Å². The second kappa shape index (κ2) is 11.1. The highest BCUT2D eigenvalue weighted by Crippen LogP contribution is 2.38. The molecule has 2 rings (SSSR count). The summed E-state index contributed by atoms with van der Waals surface area (Å²) >= 11 is 0. The minimum Gasteiger partial charge on any atom is -0.493 e. The van der Waals surface area contributed by atoms with E-state index in [1.54, 1.807) is 12.1 Å². The molecule has 1 aromatic rings. The fourth-order valence-electron chi connectivity index (χ4n) is 3.28. The van der Waals surface area contributed by atoms with E-state index in [0.29, 0.717) is 42.2 Å². The number of piperidine rings is 1. The summed E-state index contributed by atoms with van der Waals surface area (Å²) in [6.45, 7) is 5.14. The molecule has 11 nitrogen and oxygen atoms in total. The SMILES string of the molecule is COc1cc(C(=O)NC2CCCN(C(=O)OC(C)OC(=O)C(C)(C)N)C2)cc(OC)c1OC. The highest BCUT2D eigenvalue weighted by Gasteiger charge is 2.30. The van der Waals surface area contributed by atoms with Crippen molar-refractivity contribution in [3.05, 3.63) is 17.7 Å². The van der Waals surface area contributed by atoms with Gasteiger partial charge in [-0.2, -0.15) is 0 Å². The largest absolute Gasteiger partial charge is 0.493 e. The summed E-state index contributed by atoms with van der Waals surface area (Å²) in [5, 5.41) is 2.92. The highest BCUT2D eigenvalue weighted by atomic mass is 16.7. The Balaban J connectivity index is 2.00. The first-order chi connectivity index (χ1) is 15.5. The van der Waals surface area contributed by atoms with Gasteiger partial charge in [0.05, 0.1) is 21.3 Å². The zero-order valence-corrected chi connectivity index (χ0v) is 19.9. The molecule has 0 spiro atoms. The van der Waals surface area contributed by atoms with E-state index >= 15 is 0 Å². The van der Waals surface area contributed by atoms with Crippen LogP contribution in [0.5, 0.6) is 17.2 Å². The quantitative estimate of drug-likeness (QED) is 0.432. The number of carbonyl (C=O) groups is 3. The number of hydrogen-bond donors (Lipinski definition) is 2. The van der Waals surface area contributed by atoms with Crippen LogP contribution in [0, 0.1) is 0 Å². The molecule has 2 amide bonds. The summed E-state index contributed by atoms with van der Waals surface area (Å²) in [5.41, 5.74) is 4.81. The van der Waals surface area contributed by atoms with Gasteiger partial charge in [-0.1, -0.05) is 0 Å². The summed E-state index contributed by atoms with van der Waals surface area (Å²) in [4.78, 5) is 38.7. The topological polar surface area (TPSA) is 139 Å². The lowest BCUT2D eigenvalue weighted by molar-refractivity contribution is -0.171. The number of methoxy groups -OCH3 is 3. The number of nitrogens with zero attached hydrogens (tertiary/aromatic N) is 1. The Bertz CT molecular complexity index is 843. The Morgan fingerprint density at radius 1 is 1.09 bits per heavy atom. The van der Waals surface area contributed by atoms with Crippen LogP contribution in [0.2, 0.25) is 0 Å². The van der Waals surface area contributed by atoms with Crippen molar-refractivity contribution in [2.75, 3.05) is 34.4 Å². The van der Waals surface area contributed by atoms with Crippen molar-refractivity contribution in [1.29, 1.82) is 0 Å². The molecule has 2 atom stereocenters. The van der Waals surface area contributed by atoms with Crippen molar-refractivity contribution in [2.24, 2.45) is 5.73 Å². The summed E-state index contributed by atoms with van der Waals surface area (Å²) in [6.07, 6.45) is -0.385. The van der Waals surface area contributed by atoms with Crippen LogP contribution in [0.3, 0.4) is 0 Å². The molecule has 3 N–H and O–H groups in total. The van der Waals surface area contributed by atoms with Crippen LogP contribution in [-0.4, -0.2) is 75.2 Å². The van der Waals surface area contributed by atoms with E-state index in [0.717, 1.165) is 0 Å². The van der Waals surface area contributed by atoms with Crippen molar-refractivity contribution in [1.82, 2.24) is 10.2 Å². The van der Waals surface area contributed by atoms with E-state index in [2.05, 4.69) is 5.32 Å². The van der Waals surface area contributed by atoms with E-state index in [4.69, 9.17) is 29.4 Å². The number of nitrogens with two attached hydrogens (primary N) is 1. The molecule has 1 aromatic carbocycles. The van der Waals surface area contributed by atoms with Crippen molar-refractivity contribution in [3.63, 3.8) is 0 Å². The molecule has 1 aliphatic heterocycles. The molecule has 2 unspecified atom stereocenters. The van der Waals surface area contributed by atoms with Gasteiger partial charge in [0.1, 0.15) is 5.54 Å². The average molecular weight is 468 g/mol. The summed E-state index contributed by atoms with van der Waals surface area (Å²) in [6, 6.07) is 2.82. The van der Waals surface area contributed by atoms with Crippen LogP contribution >= 0.6 is 0 Å². The third kappa shape index (κ3) is 6.88. The van der Waals surface area contributed by atoms with Crippen LogP contribution in [0.25, 0.3) is 0 Å². The molecule has 184 valence electrons. The number of carbonyl (C=O) groups excluding carboxylic acids is 3. The van der Waals surface area contributed by atoms with Gasteiger partial charge in [0.25, 0.3) is 5.91 Å². The van der Waals surface area contributed by atoms with E-state index in [1.807, 2.05) is 0 Å². The maximum Gasteiger partial charge on any atom is 0.412 e. The fraction of sp³-hybridized carbons (Fsp3) is 0.591. The van der Waals surface area contributed by atoms with Crippen LogP contribution < -0.4 is 25.3 Å². The lowest BCUT2D eigenvalue weighted by Crippen LogP contribution is -2.50. The second-order valence-corrected chi connectivity index (χ2v) is 8.25. The molecule has 0 aliphatic carbocycles. The van der Waals surface area contributed by atoms with E-state index in [9.17, 15) is 14.4 Å². The Kier molecular flexibility index (Phi) is 8.75. The van der Waals surface area contributed by atoms with Gasteiger partial charge in [-0.3, -0.25) is 4.79 Å². The lowest BCUT2D eigenvalue weighted by Gasteiger charge is -2.33.